The van der Waals surface area contributed by atoms with Crippen molar-refractivity contribution in [1.82, 2.24) is 10.2 Å². The van der Waals surface area contributed by atoms with E-state index in [4.69, 9.17) is 4.74 Å². The Kier molecular flexibility index (Phi) is 5.90. The van der Waals surface area contributed by atoms with Crippen LogP contribution in [0.4, 0.5) is 0 Å². The van der Waals surface area contributed by atoms with Crippen LogP contribution in [0.2, 0.25) is 0 Å². The van der Waals surface area contributed by atoms with Gasteiger partial charge in [0.2, 0.25) is 0 Å². The number of hydrogen-bond donors (Lipinski definition) is 1. The normalized spacial score (nSPS) is 18.7. The molecule has 3 nitrogen and oxygen atoms in total. The van der Waals surface area contributed by atoms with Gasteiger partial charge >= 0.3 is 0 Å². The maximum absolute atomic E-state index is 5.23. The minimum atomic E-state index is 0.212. The summed E-state index contributed by atoms with van der Waals surface area (Å²) in [5.41, 5.74) is 0.212. The first kappa shape index (κ1) is 14.9. The highest BCUT2D eigenvalue weighted by atomic mass is 16.5. The lowest BCUT2D eigenvalue weighted by atomic mass is 10.1. The van der Waals surface area contributed by atoms with Gasteiger partial charge in [-0.05, 0) is 40.0 Å². The van der Waals surface area contributed by atoms with Gasteiger partial charge in [0.25, 0.3) is 0 Å². The average Bonchev–Trinajstić information content (AvgIpc) is 3.05. The second-order valence-electron chi connectivity index (χ2n) is 6.15. The first-order valence-corrected chi connectivity index (χ1v) is 6.97. The molecule has 1 aliphatic carbocycles. The molecule has 0 aromatic heterocycles. The van der Waals surface area contributed by atoms with Crippen LogP contribution >= 0.6 is 0 Å². The van der Waals surface area contributed by atoms with E-state index in [1.54, 1.807) is 7.11 Å². The maximum atomic E-state index is 5.23. The SMILES string of the molecule is CCC(CNC(C)(C)C)N(CCOC)C1CC1. The summed E-state index contributed by atoms with van der Waals surface area (Å²) in [6, 6.07) is 1.47. The summed E-state index contributed by atoms with van der Waals surface area (Å²) in [6.45, 7) is 12.0. The Morgan fingerprint density at radius 1 is 1.35 bits per heavy atom. The van der Waals surface area contributed by atoms with Gasteiger partial charge in [0.15, 0.2) is 0 Å². The highest BCUT2D eigenvalue weighted by Crippen LogP contribution is 2.29. The van der Waals surface area contributed by atoms with Gasteiger partial charge in [-0.25, -0.2) is 0 Å². The van der Waals surface area contributed by atoms with Crippen LogP contribution in [0.25, 0.3) is 0 Å². The monoisotopic (exact) mass is 242 g/mol. The van der Waals surface area contributed by atoms with E-state index in [1.807, 2.05) is 0 Å². The Labute approximate surface area is 107 Å². The van der Waals surface area contributed by atoms with Crippen LogP contribution in [-0.4, -0.2) is 49.3 Å². The Morgan fingerprint density at radius 2 is 2.00 bits per heavy atom. The average molecular weight is 242 g/mol. The van der Waals surface area contributed by atoms with E-state index in [0.717, 1.165) is 25.7 Å². The third kappa shape index (κ3) is 5.84. The molecule has 0 saturated heterocycles. The van der Waals surface area contributed by atoms with Crippen LogP contribution in [0, 0.1) is 0 Å². The molecule has 0 aliphatic heterocycles. The van der Waals surface area contributed by atoms with Crippen LogP contribution in [0.1, 0.15) is 47.0 Å². The third-order valence-corrected chi connectivity index (χ3v) is 3.38. The fourth-order valence-electron chi connectivity index (χ4n) is 2.19. The lowest BCUT2D eigenvalue weighted by Gasteiger charge is -2.33. The summed E-state index contributed by atoms with van der Waals surface area (Å²) < 4.78 is 5.23. The number of ether oxygens (including phenoxy) is 1. The van der Waals surface area contributed by atoms with Crippen molar-refractivity contribution < 1.29 is 4.74 Å². The summed E-state index contributed by atoms with van der Waals surface area (Å²) in [4.78, 5) is 2.64. The second kappa shape index (κ2) is 6.72. The lowest BCUT2D eigenvalue weighted by molar-refractivity contribution is 0.107. The molecule has 3 heteroatoms. The predicted molar refractivity (Wildman–Crippen MR) is 73.4 cm³/mol. The van der Waals surface area contributed by atoms with Gasteiger partial charge in [-0.2, -0.15) is 0 Å². The molecule has 0 bridgehead atoms. The molecule has 17 heavy (non-hydrogen) atoms. The Morgan fingerprint density at radius 3 is 2.41 bits per heavy atom. The van der Waals surface area contributed by atoms with Crippen LogP contribution in [0.15, 0.2) is 0 Å². The van der Waals surface area contributed by atoms with E-state index in [9.17, 15) is 0 Å². The van der Waals surface area contributed by atoms with E-state index in [-0.39, 0.29) is 5.54 Å². The van der Waals surface area contributed by atoms with E-state index < -0.39 is 0 Å². The smallest absolute Gasteiger partial charge is 0.0589 e. The zero-order chi connectivity index (χ0) is 12.9. The second-order valence-corrected chi connectivity index (χ2v) is 6.15. The largest absolute Gasteiger partial charge is 0.383 e. The molecule has 102 valence electrons. The lowest BCUT2D eigenvalue weighted by Crippen LogP contribution is -2.49. The van der Waals surface area contributed by atoms with Crippen LogP contribution in [0.5, 0.6) is 0 Å². The fraction of sp³-hybridized carbons (Fsp3) is 1.00. The molecule has 1 atom stereocenters. The van der Waals surface area contributed by atoms with Gasteiger partial charge in [0.05, 0.1) is 6.61 Å². The Balaban J connectivity index is 2.43. The quantitative estimate of drug-likeness (QED) is 0.706. The predicted octanol–water partition coefficient (Wildman–Crippen LogP) is 2.26. The van der Waals surface area contributed by atoms with Gasteiger partial charge < -0.3 is 10.1 Å². The molecule has 0 aromatic carbocycles. The minimum absolute atomic E-state index is 0.212. The summed E-state index contributed by atoms with van der Waals surface area (Å²) in [5.74, 6) is 0. The molecule has 1 unspecified atom stereocenters. The zero-order valence-corrected chi connectivity index (χ0v) is 12.3. The standard InChI is InChI=1S/C14H30N2O/c1-6-12(11-15-14(2,3)4)16(9-10-17-5)13-7-8-13/h12-13,15H,6-11H2,1-5H3. The van der Waals surface area contributed by atoms with Crippen LogP contribution in [-0.2, 0) is 4.74 Å². The number of nitrogens with one attached hydrogen (secondary N) is 1. The van der Waals surface area contributed by atoms with Gasteiger partial charge in [-0.1, -0.05) is 6.92 Å². The van der Waals surface area contributed by atoms with Gasteiger partial charge in [0, 0.05) is 37.8 Å². The summed E-state index contributed by atoms with van der Waals surface area (Å²) in [7, 11) is 1.79. The molecule has 0 heterocycles. The molecule has 1 saturated carbocycles. The molecule has 1 N–H and O–H groups in total. The number of rotatable bonds is 8. The van der Waals surface area contributed by atoms with Crippen molar-refractivity contribution >= 4 is 0 Å². The van der Waals surface area contributed by atoms with E-state index in [0.29, 0.717) is 6.04 Å². The number of methoxy groups -OCH3 is 1. The maximum Gasteiger partial charge on any atom is 0.0589 e. The van der Waals surface area contributed by atoms with Crippen LogP contribution < -0.4 is 5.32 Å². The highest BCUT2D eigenvalue weighted by Gasteiger charge is 2.33. The fourth-order valence-corrected chi connectivity index (χ4v) is 2.19. The van der Waals surface area contributed by atoms with Crippen molar-refractivity contribution in [3.63, 3.8) is 0 Å². The molecule has 0 spiro atoms. The molecular formula is C14H30N2O. The van der Waals surface area contributed by atoms with E-state index in [2.05, 4.69) is 37.9 Å². The van der Waals surface area contributed by atoms with Crippen LogP contribution in [0.3, 0.4) is 0 Å². The van der Waals surface area contributed by atoms with E-state index in [1.165, 1.54) is 19.3 Å². The highest BCUT2D eigenvalue weighted by molar-refractivity contribution is 4.90. The molecule has 1 aliphatic rings. The van der Waals surface area contributed by atoms with Crippen molar-refractivity contribution in [2.45, 2.75) is 64.6 Å². The Hall–Kier alpha value is -0.120. The first-order valence-electron chi connectivity index (χ1n) is 6.97. The molecule has 0 amide bonds. The first-order chi connectivity index (χ1) is 7.98. The van der Waals surface area contributed by atoms with Crippen molar-refractivity contribution in [3.8, 4) is 0 Å². The third-order valence-electron chi connectivity index (χ3n) is 3.38. The van der Waals surface area contributed by atoms with Crippen molar-refractivity contribution in [1.29, 1.82) is 0 Å². The summed E-state index contributed by atoms with van der Waals surface area (Å²) >= 11 is 0. The van der Waals surface area contributed by atoms with E-state index >= 15 is 0 Å². The number of hydrogen-bond acceptors (Lipinski definition) is 3. The summed E-state index contributed by atoms with van der Waals surface area (Å²) in [6.07, 6.45) is 3.95. The number of nitrogens with zero attached hydrogens (tertiary/aromatic N) is 1. The molecular weight excluding hydrogens is 212 g/mol. The van der Waals surface area contributed by atoms with Crippen molar-refractivity contribution in [3.05, 3.63) is 0 Å². The summed E-state index contributed by atoms with van der Waals surface area (Å²) in [5, 5.41) is 3.63. The molecule has 1 rings (SSSR count). The zero-order valence-electron chi connectivity index (χ0n) is 12.3. The molecule has 0 radical (unpaired) electrons. The Bertz CT molecular complexity index is 209. The van der Waals surface area contributed by atoms with Crippen molar-refractivity contribution in [2.75, 3.05) is 26.8 Å². The van der Waals surface area contributed by atoms with Gasteiger partial charge in [-0.3, -0.25) is 4.90 Å². The van der Waals surface area contributed by atoms with Crippen molar-refractivity contribution in [2.24, 2.45) is 0 Å². The molecule has 1 fully saturated rings. The van der Waals surface area contributed by atoms with Gasteiger partial charge in [0.1, 0.15) is 0 Å². The molecule has 0 aromatic rings. The van der Waals surface area contributed by atoms with Gasteiger partial charge in [-0.15, -0.1) is 0 Å². The minimum Gasteiger partial charge on any atom is -0.383 e. The topological polar surface area (TPSA) is 24.5 Å².